The molecular weight excluding hydrogens is 234 g/mol. The quantitative estimate of drug-likeness (QED) is 0.836. The van der Waals surface area contributed by atoms with Gasteiger partial charge in [0.1, 0.15) is 11.8 Å². The molecule has 0 aliphatic heterocycles. The molecule has 0 amide bonds. The van der Waals surface area contributed by atoms with Crippen LogP contribution in [0.5, 0.6) is 0 Å². The summed E-state index contributed by atoms with van der Waals surface area (Å²) in [4.78, 5) is 6.28. The molecule has 0 saturated heterocycles. The second kappa shape index (κ2) is 6.01. The Morgan fingerprint density at radius 1 is 1.21 bits per heavy atom. The zero-order chi connectivity index (χ0) is 13.7. The molecular formula is C16H17N3. The van der Waals surface area contributed by atoms with E-state index >= 15 is 0 Å². The molecule has 0 aliphatic carbocycles. The normalized spacial score (nSPS) is 10.2. The Morgan fingerprint density at radius 3 is 2.58 bits per heavy atom. The second-order valence-corrected chi connectivity index (χ2v) is 4.72. The van der Waals surface area contributed by atoms with Crippen LogP contribution < -0.4 is 4.90 Å². The maximum atomic E-state index is 8.94. The van der Waals surface area contributed by atoms with Gasteiger partial charge in [-0.15, -0.1) is 0 Å². The summed E-state index contributed by atoms with van der Waals surface area (Å²) in [5.74, 6) is 0. The van der Waals surface area contributed by atoms with Crippen LogP contribution in [0.4, 0.5) is 5.69 Å². The summed E-state index contributed by atoms with van der Waals surface area (Å²) in [5.41, 5.74) is 2.74. The first-order chi connectivity index (χ1) is 9.20. The fourth-order valence-corrected chi connectivity index (χ4v) is 2.01. The van der Waals surface area contributed by atoms with E-state index in [4.69, 9.17) is 5.26 Å². The predicted molar refractivity (Wildman–Crippen MR) is 76.7 cm³/mol. The minimum Gasteiger partial charge on any atom is -0.365 e. The molecule has 1 aromatic carbocycles. The highest BCUT2D eigenvalue weighted by Crippen LogP contribution is 2.20. The zero-order valence-corrected chi connectivity index (χ0v) is 11.2. The van der Waals surface area contributed by atoms with E-state index in [9.17, 15) is 0 Å². The number of anilines is 1. The summed E-state index contributed by atoms with van der Waals surface area (Å²) in [6, 6.07) is 16.6. The molecule has 2 aromatic rings. The fraction of sp³-hybridized carbons (Fsp3) is 0.250. The summed E-state index contributed by atoms with van der Waals surface area (Å²) < 4.78 is 0. The number of nitrogens with zero attached hydrogens (tertiary/aromatic N) is 3. The Balaban J connectivity index is 2.28. The lowest BCUT2D eigenvalue weighted by Gasteiger charge is -2.29. The monoisotopic (exact) mass is 251 g/mol. The number of aromatic nitrogens is 1. The Kier molecular flexibility index (Phi) is 4.15. The predicted octanol–water partition coefficient (Wildman–Crippen LogP) is 3.37. The molecule has 96 valence electrons. The molecule has 0 saturated carbocycles. The van der Waals surface area contributed by atoms with Crippen molar-refractivity contribution >= 4 is 5.69 Å². The van der Waals surface area contributed by atoms with E-state index in [-0.39, 0.29) is 0 Å². The molecule has 19 heavy (non-hydrogen) atoms. The van der Waals surface area contributed by atoms with Crippen molar-refractivity contribution < 1.29 is 0 Å². The highest BCUT2D eigenvalue weighted by molar-refractivity contribution is 5.50. The SMILES string of the molecule is CC(C)N(Cc1ccccc1)c1ccnc(C#N)c1. The Morgan fingerprint density at radius 2 is 1.95 bits per heavy atom. The first-order valence-electron chi connectivity index (χ1n) is 6.37. The zero-order valence-electron chi connectivity index (χ0n) is 11.2. The minimum atomic E-state index is 0.356. The van der Waals surface area contributed by atoms with Gasteiger partial charge in [-0.1, -0.05) is 30.3 Å². The summed E-state index contributed by atoms with van der Waals surface area (Å²) >= 11 is 0. The van der Waals surface area contributed by atoms with Crippen molar-refractivity contribution in [2.75, 3.05) is 4.90 Å². The van der Waals surface area contributed by atoms with Gasteiger partial charge in [-0.3, -0.25) is 0 Å². The van der Waals surface area contributed by atoms with Crippen LogP contribution in [0.3, 0.4) is 0 Å². The molecule has 1 heterocycles. The van der Waals surface area contributed by atoms with Gasteiger partial charge in [-0.05, 0) is 31.5 Å². The molecule has 0 aliphatic rings. The lowest BCUT2D eigenvalue weighted by atomic mass is 10.1. The Bertz CT molecular complexity index is 570. The third-order valence-electron chi connectivity index (χ3n) is 3.01. The van der Waals surface area contributed by atoms with Crippen LogP contribution in [0.1, 0.15) is 25.1 Å². The third kappa shape index (κ3) is 3.32. The van der Waals surface area contributed by atoms with Gasteiger partial charge in [0.25, 0.3) is 0 Å². The fourth-order valence-electron chi connectivity index (χ4n) is 2.01. The first-order valence-corrected chi connectivity index (χ1v) is 6.37. The molecule has 2 rings (SSSR count). The van der Waals surface area contributed by atoms with Gasteiger partial charge in [0, 0.05) is 24.5 Å². The number of pyridine rings is 1. The van der Waals surface area contributed by atoms with Crippen molar-refractivity contribution in [2.24, 2.45) is 0 Å². The van der Waals surface area contributed by atoms with E-state index in [1.807, 2.05) is 30.3 Å². The van der Waals surface area contributed by atoms with Crippen LogP contribution in [-0.4, -0.2) is 11.0 Å². The van der Waals surface area contributed by atoms with Crippen LogP contribution in [0.15, 0.2) is 48.7 Å². The van der Waals surface area contributed by atoms with Gasteiger partial charge >= 0.3 is 0 Å². The van der Waals surface area contributed by atoms with Gasteiger partial charge < -0.3 is 4.90 Å². The summed E-state index contributed by atoms with van der Waals surface area (Å²) in [7, 11) is 0. The molecule has 0 radical (unpaired) electrons. The first kappa shape index (κ1) is 13.1. The van der Waals surface area contributed by atoms with E-state index in [0.717, 1.165) is 12.2 Å². The van der Waals surface area contributed by atoms with E-state index in [1.165, 1.54) is 5.56 Å². The number of rotatable bonds is 4. The van der Waals surface area contributed by atoms with E-state index in [0.29, 0.717) is 11.7 Å². The second-order valence-electron chi connectivity index (χ2n) is 4.72. The average molecular weight is 251 g/mol. The number of hydrogen-bond donors (Lipinski definition) is 0. The smallest absolute Gasteiger partial charge is 0.142 e. The number of benzene rings is 1. The van der Waals surface area contributed by atoms with Gasteiger partial charge in [-0.2, -0.15) is 5.26 Å². The number of hydrogen-bond acceptors (Lipinski definition) is 3. The van der Waals surface area contributed by atoms with Crippen molar-refractivity contribution in [2.45, 2.75) is 26.4 Å². The molecule has 0 unspecified atom stereocenters. The summed E-state index contributed by atoms with van der Waals surface area (Å²) in [6.07, 6.45) is 1.69. The molecule has 0 fully saturated rings. The van der Waals surface area contributed by atoms with Gasteiger partial charge in [0.15, 0.2) is 0 Å². The standard InChI is InChI=1S/C16H17N3/c1-13(2)19(12-14-6-4-3-5-7-14)16-8-9-18-15(10-16)11-17/h3-10,13H,12H2,1-2H3. The maximum absolute atomic E-state index is 8.94. The van der Waals surface area contributed by atoms with Crippen molar-refractivity contribution in [3.05, 3.63) is 59.9 Å². The van der Waals surface area contributed by atoms with Crippen LogP contribution in [0, 0.1) is 11.3 Å². The molecule has 0 bridgehead atoms. The maximum Gasteiger partial charge on any atom is 0.142 e. The van der Waals surface area contributed by atoms with Crippen LogP contribution in [-0.2, 0) is 6.54 Å². The van der Waals surface area contributed by atoms with Crippen molar-refractivity contribution in [1.82, 2.24) is 4.98 Å². The van der Waals surface area contributed by atoms with Crippen LogP contribution >= 0.6 is 0 Å². The summed E-state index contributed by atoms with van der Waals surface area (Å²) in [6.45, 7) is 5.12. The molecule has 3 heteroatoms. The highest BCUT2D eigenvalue weighted by Gasteiger charge is 2.11. The van der Waals surface area contributed by atoms with Crippen molar-refractivity contribution in [3.63, 3.8) is 0 Å². The Labute approximate surface area is 114 Å². The number of nitriles is 1. The van der Waals surface area contributed by atoms with Gasteiger partial charge in [0.2, 0.25) is 0 Å². The van der Waals surface area contributed by atoms with Crippen LogP contribution in [0.2, 0.25) is 0 Å². The average Bonchev–Trinajstić information content (AvgIpc) is 2.45. The largest absolute Gasteiger partial charge is 0.365 e. The topological polar surface area (TPSA) is 39.9 Å². The highest BCUT2D eigenvalue weighted by atomic mass is 15.1. The van der Waals surface area contributed by atoms with E-state index in [1.54, 1.807) is 6.20 Å². The molecule has 0 spiro atoms. The molecule has 3 nitrogen and oxygen atoms in total. The van der Waals surface area contributed by atoms with Crippen molar-refractivity contribution in [3.8, 4) is 6.07 Å². The minimum absolute atomic E-state index is 0.356. The lowest BCUT2D eigenvalue weighted by molar-refractivity contribution is 0.682. The molecule has 0 N–H and O–H groups in total. The molecule has 1 aromatic heterocycles. The summed E-state index contributed by atoms with van der Waals surface area (Å²) in [5, 5.41) is 8.94. The lowest BCUT2D eigenvalue weighted by Crippen LogP contribution is -2.30. The van der Waals surface area contributed by atoms with Gasteiger partial charge in [0.05, 0.1) is 0 Å². The Hall–Kier alpha value is -2.34. The van der Waals surface area contributed by atoms with Gasteiger partial charge in [-0.25, -0.2) is 4.98 Å². The van der Waals surface area contributed by atoms with E-state index < -0.39 is 0 Å². The molecule has 0 atom stereocenters. The van der Waals surface area contributed by atoms with E-state index in [2.05, 4.69) is 41.9 Å². The van der Waals surface area contributed by atoms with Crippen molar-refractivity contribution in [1.29, 1.82) is 5.26 Å². The van der Waals surface area contributed by atoms with Crippen LogP contribution in [0.25, 0.3) is 0 Å². The third-order valence-corrected chi connectivity index (χ3v) is 3.01.